The Labute approximate surface area is 187 Å². The predicted molar refractivity (Wildman–Crippen MR) is 121 cm³/mol. The highest BCUT2D eigenvalue weighted by Gasteiger charge is 2.22. The number of benzene rings is 1. The number of carbonyl (C=O) groups is 1. The fourth-order valence-electron chi connectivity index (χ4n) is 4.15. The van der Waals surface area contributed by atoms with Gasteiger partial charge in [0.1, 0.15) is 5.69 Å². The third-order valence-electron chi connectivity index (χ3n) is 5.70. The van der Waals surface area contributed by atoms with Crippen molar-refractivity contribution in [3.8, 4) is 28.6 Å². The number of hydrogen-bond donors (Lipinski definition) is 1. The molecule has 0 unspecified atom stereocenters. The Balaban J connectivity index is 1.49. The Morgan fingerprint density at radius 2 is 1.81 bits per heavy atom. The lowest BCUT2D eigenvalue weighted by Gasteiger charge is -2.15. The lowest BCUT2D eigenvalue weighted by molar-refractivity contribution is 0.0951. The summed E-state index contributed by atoms with van der Waals surface area (Å²) in [6.07, 6.45) is 6.12. The largest absolute Gasteiger partial charge is 0.493 e. The number of amides is 1. The topological polar surface area (TPSA) is 87.5 Å². The number of nitrogens with one attached hydrogen (secondary N) is 1. The molecule has 168 valence electrons. The molecule has 8 nitrogen and oxygen atoms in total. The zero-order chi connectivity index (χ0) is 22.5. The van der Waals surface area contributed by atoms with E-state index >= 15 is 0 Å². The van der Waals surface area contributed by atoms with Gasteiger partial charge in [-0.15, -0.1) is 0 Å². The lowest BCUT2D eigenvalue weighted by atomic mass is 9.95. The summed E-state index contributed by atoms with van der Waals surface area (Å²) in [5, 5.41) is 7.83. The number of nitrogens with zero attached hydrogens (tertiary/aromatic N) is 3. The Kier molecular flexibility index (Phi) is 6.58. The van der Waals surface area contributed by atoms with Crippen molar-refractivity contribution < 1.29 is 19.0 Å². The van der Waals surface area contributed by atoms with E-state index < -0.39 is 0 Å². The van der Waals surface area contributed by atoms with Crippen LogP contribution >= 0.6 is 0 Å². The summed E-state index contributed by atoms with van der Waals surface area (Å²) >= 11 is 0. The fraction of sp³-hybridized carbons (Fsp3) is 0.375. The van der Waals surface area contributed by atoms with Gasteiger partial charge < -0.3 is 19.5 Å². The summed E-state index contributed by atoms with van der Waals surface area (Å²) < 4.78 is 18.0. The molecule has 0 fully saturated rings. The van der Waals surface area contributed by atoms with Crippen molar-refractivity contribution in [1.82, 2.24) is 20.1 Å². The SMILES string of the molecule is COc1cc(C(=O)NCCn2nc(-c3ccccn3)c3c2CCCC3)cc(OC)c1OC. The van der Waals surface area contributed by atoms with Gasteiger partial charge in [0.2, 0.25) is 5.75 Å². The van der Waals surface area contributed by atoms with Gasteiger partial charge in [0.05, 0.1) is 33.6 Å². The molecular formula is C24H28N4O4. The first kappa shape index (κ1) is 21.7. The van der Waals surface area contributed by atoms with Crippen LogP contribution in [0.4, 0.5) is 0 Å². The van der Waals surface area contributed by atoms with Gasteiger partial charge in [-0.25, -0.2) is 0 Å². The number of methoxy groups -OCH3 is 3. The van der Waals surface area contributed by atoms with E-state index in [0.717, 1.165) is 37.1 Å². The number of carbonyl (C=O) groups excluding carboxylic acids is 1. The van der Waals surface area contributed by atoms with Crippen LogP contribution in [0.2, 0.25) is 0 Å². The second kappa shape index (κ2) is 9.72. The second-order valence-electron chi connectivity index (χ2n) is 7.59. The van der Waals surface area contributed by atoms with Crippen molar-refractivity contribution in [3.63, 3.8) is 0 Å². The summed E-state index contributed by atoms with van der Waals surface area (Å²) in [4.78, 5) is 17.3. The number of hydrogen-bond acceptors (Lipinski definition) is 6. The van der Waals surface area contributed by atoms with E-state index in [1.165, 1.54) is 32.6 Å². The van der Waals surface area contributed by atoms with Gasteiger partial charge in [0.25, 0.3) is 5.91 Å². The standard InChI is InChI=1S/C24H28N4O4/c1-30-20-14-16(15-21(31-2)23(20)32-3)24(29)26-12-13-28-19-10-5-4-8-17(19)22(27-28)18-9-6-7-11-25-18/h6-7,9,11,14-15H,4-5,8,10,12-13H2,1-3H3,(H,26,29). The van der Waals surface area contributed by atoms with Gasteiger partial charge in [0, 0.05) is 29.6 Å². The molecule has 0 saturated heterocycles. The first-order valence-electron chi connectivity index (χ1n) is 10.7. The van der Waals surface area contributed by atoms with Gasteiger partial charge in [-0.1, -0.05) is 6.07 Å². The van der Waals surface area contributed by atoms with Crippen LogP contribution < -0.4 is 19.5 Å². The van der Waals surface area contributed by atoms with E-state index in [0.29, 0.717) is 35.9 Å². The molecule has 2 heterocycles. The molecule has 0 radical (unpaired) electrons. The molecule has 1 aromatic carbocycles. The van der Waals surface area contributed by atoms with Gasteiger partial charge in [-0.05, 0) is 49.9 Å². The zero-order valence-electron chi connectivity index (χ0n) is 18.7. The fourth-order valence-corrected chi connectivity index (χ4v) is 4.15. The van der Waals surface area contributed by atoms with Crippen LogP contribution in [0.1, 0.15) is 34.5 Å². The molecule has 0 atom stereocenters. The zero-order valence-corrected chi connectivity index (χ0v) is 18.7. The number of aromatic nitrogens is 3. The first-order valence-corrected chi connectivity index (χ1v) is 10.7. The second-order valence-corrected chi connectivity index (χ2v) is 7.59. The Hall–Kier alpha value is -3.55. The molecule has 0 spiro atoms. The molecule has 0 saturated carbocycles. The van der Waals surface area contributed by atoms with E-state index in [1.54, 1.807) is 18.3 Å². The smallest absolute Gasteiger partial charge is 0.251 e. The number of ether oxygens (including phenoxy) is 3. The molecule has 8 heteroatoms. The van der Waals surface area contributed by atoms with Crippen LogP contribution in [-0.4, -0.2) is 48.5 Å². The third kappa shape index (κ3) is 4.26. The van der Waals surface area contributed by atoms with Gasteiger partial charge >= 0.3 is 0 Å². The number of rotatable bonds is 8. The van der Waals surface area contributed by atoms with Crippen LogP contribution in [0.25, 0.3) is 11.4 Å². The monoisotopic (exact) mass is 436 g/mol. The predicted octanol–water partition coefficient (Wildman–Crippen LogP) is 3.28. The first-order chi connectivity index (χ1) is 15.7. The van der Waals surface area contributed by atoms with Crippen LogP contribution in [0.3, 0.4) is 0 Å². The summed E-state index contributed by atoms with van der Waals surface area (Å²) in [5.41, 5.74) is 4.82. The highest BCUT2D eigenvalue weighted by Crippen LogP contribution is 2.38. The Morgan fingerprint density at radius 1 is 1.06 bits per heavy atom. The molecule has 3 aromatic rings. The van der Waals surface area contributed by atoms with E-state index in [9.17, 15) is 4.79 Å². The Morgan fingerprint density at radius 3 is 2.47 bits per heavy atom. The molecule has 1 aliphatic rings. The van der Waals surface area contributed by atoms with Gasteiger partial charge in [-0.3, -0.25) is 14.5 Å². The van der Waals surface area contributed by atoms with Crippen molar-refractivity contribution in [2.24, 2.45) is 0 Å². The molecule has 0 bridgehead atoms. The average molecular weight is 437 g/mol. The molecule has 32 heavy (non-hydrogen) atoms. The molecule has 4 rings (SSSR count). The van der Waals surface area contributed by atoms with E-state index in [4.69, 9.17) is 19.3 Å². The highest BCUT2D eigenvalue weighted by atomic mass is 16.5. The van der Waals surface area contributed by atoms with Gasteiger partial charge in [0.15, 0.2) is 11.5 Å². The summed E-state index contributed by atoms with van der Waals surface area (Å²) in [5.74, 6) is 1.13. The van der Waals surface area contributed by atoms with E-state index in [2.05, 4.69) is 10.3 Å². The summed E-state index contributed by atoms with van der Waals surface area (Å²) in [7, 11) is 4.59. The minimum Gasteiger partial charge on any atom is -0.493 e. The maximum atomic E-state index is 12.8. The van der Waals surface area contributed by atoms with Crippen LogP contribution in [0.15, 0.2) is 36.5 Å². The van der Waals surface area contributed by atoms with Crippen molar-refractivity contribution >= 4 is 5.91 Å². The molecule has 1 aliphatic carbocycles. The van der Waals surface area contributed by atoms with Crippen molar-refractivity contribution in [1.29, 1.82) is 0 Å². The number of fused-ring (bicyclic) bond motifs is 1. The molecular weight excluding hydrogens is 408 g/mol. The molecule has 0 aliphatic heterocycles. The van der Waals surface area contributed by atoms with Gasteiger partial charge in [-0.2, -0.15) is 5.10 Å². The maximum absolute atomic E-state index is 12.8. The van der Waals surface area contributed by atoms with Crippen LogP contribution in [-0.2, 0) is 19.4 Å². The van der Waals surface area contributed by atoms with Crippen LogP contribution in [0.5, 0.6) is 17.2 Å². The third-order valence-corrected chi connectivity index (χ3v) is 5.70. The Bertz CT molecular complexity index is 1070. The normalized spacial score (nSPS) is 12.7. The average Bonchev–Trinajstić information content (AvgIpc) is 3.22. The van der Waals surface area contributed by atoms with Crippen molar-refractivity contribution in [3.05, 3.63) is 53.3 Å². The van der Waals surface area contributed by atoms with E-state index in [-0.39, 0.29) is 5.91 Å². The highest BCUT2D eigenvalue weighted by molar-refractivity contribution is 5.95. The summed E-state index contributed by atoms with van der Waals surface area (Å²) in [6, 6.07) is 9.17. The minimum absolute atomic E-state index is 0.213. The van der Waals surface area contributed by atoms with Crippen molar-refractivity contribution in [2.75, 3.05) is 27.9 Å². The minimum atomic E-state index is -0.213. The number of pyridine rings is 1. The maximum Gasteiger partial charge on any atom is 0.251 e. The van der Waals surface area contributed by atoms with Crippen molar-refractivity contribution in [2.45, 2.75) is 32.2 Å². The summed E-state index contributed by atoms with van der Waals surface area (Å²) in [6.45, 7) is 1.04. The quantitative estimate of drug-likeness (QED) is 0.583. The van der Waals surface area contributed by atoms with Crippen LogP contribution in [0, 0.1) is 0 Å². The molecule has 1 amide bonds. The molecule has 2 aromatic heterocycles. The van der Waals surface area contributed by atoms with E-state index in [1.807, 2.05) is 22.9 Å². The lowest BCUT2D eigenvalue weighted by Crippen LogP contribution is -2.28. The molecule has 1 N–H and O–H groups in total.